The SMILES string of the molecule is CC(C)(C)C(=O)N1CCC(Nc2cc(C(=O)CC[C@H](O)CN3CCc4c(ccc(OCc5cnco5)c4Cl)C3)ccn2)CC1.S. The number of fused-ring (bicyclic) bond motifs is 1. The van der Waals surface area contributed by atoms with Crippen LogP contribution in [-0.4, -0.2) is 74.9 Å². The third kappa shape index (κ3) is 9.22. The highest BCUT2D eigenvalue weighted by Crippen LogP contribution is 2.34. The Morgan fingerprint density at radius 1 is 1.20 bits per heavy atom. The number of β-amino-alcohol motifs (C(OH)–C–C–N with tert-alkyl or cyclic N) is 1. The summed E-state index contributed by atoms with van der Waals surface area (Å²) in [5, 5.41) is 14.8. The summed E-state index contributed by atoms with van der Waals surface area (Å²) in [6, 6.07) is 7.59. The van der Waals surface area contributed by atoms with Gasteiger partial charge in [-0.25, -0.2) is 9.97 Å². The molecule has 0 aliphatic carbocycles. The second-order valence-corrected chi connectivity index (χ2v) is 13.1. The molecule has 45 heavy (non-hydrogen) atoms. The van der Waals surface area contributed by atoms with Gasteiger partial charge in [0.2, 0.25) is 5.91 Å². The van der Waals surface area contributed by atoms with Crippen LogP contribution in [0.1, 0.15) is 73.7 Å². The molecule has 0 saturated carbocycles. The number of ether oxygens (including phenoxy) is 1. The topological polar surface area (TPSA) is 121 Å². The number of carbonyl (C=O) groups is 2. The first-order valence-corrected chi connectivity index (χ1v) is 15.7. The van der Waals surface area contributed by atoms with E-state index in [0.29, 0.717) is 60.5 Å². The van der Waals surface area contributed by atoms with Crippen molar-refractivity contribution < 1.29 is 23.8 Å². The maximum atomic E-state index is 13.0. The first-order valence-electron chi connectivity index (χ1n) is 15.3. The number of pyridine rings is 1. The van der Waals surface area contributed by atoms with Crippen molar-refractivity contribution in [2.45, 2.75) is 78.2 Å². The number of likely N-dealkylation sites (tertiary alicyclic amines) is 1. The number of amides is 1. The predicted octanol–water partition coefficient (Wildman–Crippen LogP) is 5.25. The highest BCUT2D eigenvalue weighted by molar-refractivity contribution is 7.59. The van der Waals surface area contributed by atoms with Crippen molar-refractivity contribution in [2.75, 3.05) is 31.5 Å². The Morgan fingerprint density at radius 2 is 1.98 bits per heavy atom. The van der Waals surface area contributed by atoms with Gasteiger partial charge in [-0.15, -0.1) is 0 Å². The van der Waals surface area contributed by atoms with E-state index in [4.69, 9.17) is 20.8 Å². The molecule has 1 atom stereocenters. The van der Waals surface area contributed by atoms with Gasteiger partial charge in [-0.3, -0.25) is 14.5 Å². The van der Waals surface area contributed by atoms with Gasteiger partial charge in [-0.05, 0) is 55.0 Å². The Labute approximate surface area is 276 Å². The molecule has 1 fully saturated rings. The lowest BCUT2D eigenvalue weighted by Crippen LogP contribution is -2.46. The number of hydrogen-bond donors (Lipinski definition) is 2. The van der Waals surface area contributed by atoms with Crippen LogP contribution < -0.4 is 10.1 Å². The third-order valence-electron chi connectivity index (χ3n) is 8.26. The zero-order chi connectivity index (χ0) is 31.3. The van der Waals surface area contributed by atoms with Crippen LogP contribution in [0.3, 0.4) is 0 Å². The number of oxazole rings is 1. The lowest BCUT2D eigenvalue weighted by Gasteiger charge is -2.36. The number of halogens is 1. The van der Waals surface area contributed by atoms with Crippen LogP contribution in [0.5, 0.6) is 5.75 Å². The number of hydrogen-bond acceptors (Lipinski definition) is 9. The summed E-state index contributed by atoms with van der Waals surface area (Å²) >= 11 is 6.66. The molecule has 244 valence electrons. The maximum Gasteiger partial charge on any atom is 0.227 e. The molecule has 0 spiro atoms. The number of aliphatic hydroxyl groups is 1. The standard InChI is InChI=1S/C33H42ClN5O5.H2S/c1-33(2,3)32(42)39-14-9-24(10-15-39)37-30-16-22(8-12-36-30)28(41)6-5-25(40)19-38-13-11-27-23(18-38)4-7-29(31(27)34)43-20-26-17-35-21-44-26;/h4,7-8,12,16-17,21,24-25,40H,5-6,9-11,13-15,18-20H2,1-3H3,(H,36,37);1H2/t25-;/m0./s1. The van der Waals surface area contributed by atoms with Gasteiger partial charge in [0.15, 0.2) is 17.9 Å². The number of ketones is 1. The van der Waals surface area contributed by atoms with E-state index in [-0.39, 0.29) is 49.7 Å². The number of piperidine rings is 1. The number of Topliss-reactive ketones (excluding diaryl/α,β-unsaturated/α-hetero) is 1. The molecule has 12 heteroatoms. The number of carbonyl (C=O) groups excluding carboxylic acids is 2. The molecule has 3 aromatic rings. The van der Waals surface area contributed by atoms with Crippen LogP contribution in [0.15, 0.2) is 47.5 Å². The zero-order valence-corrected chi connectivity index (χ0v) is 28.0. The molecule has 2 N–H and O–H groups in total. The van der Waals surface area contributed by atoms with Gasteiger partial charge in [-0.1, -0.05) is 38.4 Å². The molecule has 5 rings (SSSR count). The van der Waals surface area contributed by atoms with E-state index < -0.39 is 6.10 Å². The molecule has 2 aliphatic heterocycles. The summed E-state index contributed by atoms with van der Waals surface area (Å²) in [6.45, 7) is 9.43. The summed E-state index contributed by atoms with van der Waals surface area (Å²) in [5.41, 5.74) is 2.38. The lowest BCUT2D eigenvalue weighted by atomic mass is 9.93. The molecule has 0 radical (unpaired) electrons. The first-order chi connectivity index (χ1) is 21.1. The summed E-state index contributed by atoms with van der Waals surface area (Å²) in [7, 11) is 0. The number of aliphatic hydroxyl groups excluding tert-OH is 1. The summed E-state index contributed by atoms with van der Waals surface area (Å²) in [4.78, 5) is 38.0. The molecule has 1 saturated heterocycles. The van der Waals surface area contributed by atoms with Crippen LogP contribution >= 0.6 is 25.1 Å². The largest absolute Gasteiger partial charge is 0.484 e. The molecular formula is C33H44ClN5O5S. The number of anilines is 1. The third-order valence-corrected chi connectivity index (χ3v) is 8.68. The average Bonchev–Trinajstić information content (AvgIpc) is 3.53. The smallest absolute Gasteiger partial charge is 0.227 e. The van der Waals surface area contributed by atoms with Crippen molar-refractivity contribution in [3.05, 3.63) is 70.5 Å². The fraction of sp³-hybridized carbons (Fsp3) is 0.515. The van der Waals surface area contributed by atoms with Crippen molar-refractivity contribution in [2.24, 2.45) is 5.41 Å². The van der Waals surface area contributed by atoms with E-state index in [1.165, 1.54) is 6.39 Å². The minimum absolute atomic E-state index is 0. The van der Waals surface area contributed by atoms with Crippen LogP contribution in [0.25, 0.3) is 0 Å². The van der Waals surface area contributed by atoms with E-state index >= 15 is 0 Å². The molecule has 1 aromatic carbocycles. The quantitative estimate of drug-likeness (QED) is 0.267. The van der Waals surface area contributed by atoms with E-state index in [0.717, 1.165) is 36.9 Å². The van der Waals surface area contributed by atoms with Gasteiger partial charge in [0.05, 0.1) is 17.3 Å². The van der Waals surface area contributed by atoms with Crippen molar-refractivity contribution in [1.29, 1.82) is 0 Å². The molecule has 0 unspecified atom stereocenters. The van der Waals surface area contributed by atoms with Crippen LogP contribution in [0.2, 0.25) is 5.02 Å². The normalized spacial score (nSPS) is 16.4. The fourth-order valence-electron chi connectivity index (χ4n) is 5.80. The van der Waals surface area contributed by atoms with E-state index in [1.54, 1.807) is 24.5 Å². The fourth-order valence-corrected chi connectivity index (χ4v) is 6.14. The summed E-state index contributed by atoms with van der Waals surface area (Å²) in [6.07, 6.45) is 7.04. The Balaban J connectivity index is 0.00000461. The molecule has 4 heterocycles. The maximum absolute atomic E-state index is 13.0. The first kappa shape index (κ1) is 34.7. The number of nitrogens with zero attached hydrogens (tertiary/aromatic N) is 4. The second-order valence-electron chi connectivity index (χ2n) is 12.8. The Morgan fingerprint density at radius 3 is 2.69 bits per heavy atom. The lowest BCUT2D eigenvalue weighted by molar-refractivity contribution is -0.140. The Bertz CT molecular complexity index is 1440. The van der Waals surface area contributed by atoms with Crippen molar-refractivity contribution in [1.82, 2.24) is 19.8 Å². The highest BCUT2D eigenvalue weighted by Gasteiger charge is 2.30. The molecule has 0 bridgehead atoms. The van der Waals surface area contributed by atoms with Gasteiger partial charge < -0.3 is 24.5 Å². The minimum atomic E-state index is -0.624. The number of nitrogens with one attached hydrogen (secondary N) is 1. The molecule has 2 aliphatic rings. The Kier molecular flexibility index (Phi) is 11.9. The monoisotopic (exact) mass is 657 g/mol. The van der Waals surface area contributed by atoms with Crippen LogP contribution in [-0.2, 0) is 24.4 Å². The van der Waals surface area contributed by atoms with E-state index in [2.05, 4.69) is 20.2 Å². The zero-order valence-electron chi connectivity index (χ0n) is 26.2. The van der Waals surface area contributed by atoms with Gasteiger partial charge in [0, 0.05) is 62.4 Å². The van der Waals surface area contributed by atoms with Crippen LogP contribution in [0.4, 0.5) is 5.82 Å². The van der Waals surface area contributed by atoms with Crippen molar-refractivity contribution in [3.8, 4) is 5.75 Å². The molecular weight excluding hydrogens is 614 g/mol. The predicted molar refractivity (Wildman–Crippen MR) is 178 cm³/mol. The minimum Gasteiger partial charge on any atom is -0.484 e. The summed E-state index contributed by atoms with van der Waals surface area (Å²) < 4.78 is 11.0. The number of rotatable bonds is 11. The average molecular weight is 658 g/mol. The Hall–Kier alpha value is -3.12. The van der Waals surface area contributed by atoms with Gasteiger partial charge >= 0.3 is 0 Å². The van der Waals surface area contributed by atoms with Gasteiger partial charge in [0.1, 0.15) is 18.2 Å². The molecule has 10 nitrogen and oxygen atoms in total. The van der Waals surface area contributed by atoms with Crippen LogP contribution in [0, 0.1) is 5.41 Å². The summed E-state index contributed by atoms with van der Waals surface area (Å²) in [5.74, 6) is 2.06. The van der Waals surface area contributed by atoms with Gasteiger partial charge in [-0.2, -0.15) is 13.5 Å². The van der Waals surface area contributed by atoms with Crippen molar-refractivity contribution in [3.63, 3.8) is 0 Å². The number of benzene rings is 1. The molecule has 2 aromatic heterocycles. The van der Waals surface area contributed by atoms with Crippen molar-refractivity contribution >= 4 is 42.6 Å². The van der Waals surface area contributed by atoms with E-state index in [1.807, 2.05) is 37.8 Å². The molecule has 1 amide bonds. The highest BCUT2D eigenvalue weighted by atomic mass is 35.5. The van der Waals surface area contributed by atoms with E-state index in [9.17, 15) is 14.7 Å². The second kappa shape index (κ2) is 15.4. The number of aromatic nitrogens is 2. The van der Waals surface area contributed by atoms with Gasteiger partial charge in [0.25, 0.3) is 0 Å².